The topological polar surface area (TPSA) is 55.9 Å². The summed E-state index contributed by atoms with van der Waals surface area (Å²) in [4.78, 5) is 31.9. The molecule has 0 spiro atoms. The smallest absolute Gasteiger partial charge is 0.319 e. The normalized spacial score (nSPS) is 23.5. The highest BCUT2D eigenvalue weighted by Crippen LogP contribution is 2.25. The van der Waals surface area contributed by atoms with E-state index in [1.54, 1.807) is 0 Å². The Hall–Kier alpha value is -2.08. The molecule has 3 aliphatic heterocycles. The summed E-state index contributed by atoms with van der Waals surface area (Å²) >= 11 is 0. The molecule has 1 aromatic carbocycles. The summed E-state index contributed by atoms with van der Waals surface area (Å²) in [5, 5.41) is 3.15. The first kappa shape index (κ1) is 21.2. The molecule has 0 saturated carbocycles. The van der Waals surface area contributed by atoms with Crippen molar-refractivity contribution in [2.45, 2.75) is 51.0 Å². The van der Waals surface area contributed by atoms with Crippen molar-refractivity contribution in [2.24, 2.45) is 5.92 Å². The van der Waals surface area contributed by atoms with Crippen molar-refractivity contribution < 1.29 is 9.59 Å². The molecule has 0 radical (unpaired) electrons. The SMILES string of the molecule is O=C(NCCc1ccccc1)[C@@H]1CCCN(C2CCN(C(=O)N3CCCC3)CC2)C1. The molecule has 6 heteroatoms. The summed E-state index contributed by atoms with van der Waals surface area (Å²) in [5.41, 5.74) is 1.26. The van der Waals surface area contributed by atoms with Crippen LogP contribution in [0.3, 0.4) is 0 Å². The number of urea groups is 1. The molecule has 3 amide bonds. The molecule has 3 saturated heterocycles. The van der Waals surface area contributed by atoms with E-state index in [0.717, 1.165) is 84.2 Å². The molecule has 164 valence electrons. The molecule has 0 unspecified atom stereocenters. The Morgan fingerprint density at radius 3 is 2.30 bits per heavy atom. The molecule has 3 aliphatic rings. The number of likely N-dealkylation sites (tertiary alicyclic amines) is 3. The molecule has 4 rings (SSSR count). The van der Waals surface area contributed by atoms with E-state index in [9.17, 15) is 9.59 Å². The molecule has 0 aliphatic carbocycles. The molecular formula is C24H36N4O2. The highest BCUT2D eigenvalue weighted by atomic mass is 16.2. The molecule has 1 aromatic rings. The van der Waals surface area contributed by atoms with Crippen molar-refractivity contribution in [2.75, 3.05) is 45.8 Å². The fourth-order valence-corrected chi connectivity index (χ4v) is 5.20. The van der Waals surface area contributed by atoms with Crippen LogP contribution in [0.4, 0.5) is 4.79 Å². The van der Waals surface area contributed by atoms with Crippen molar-refractivity contribution in [3.63, 3.8) is 0 Å². The van der Waals surface area contributed by atoms with E-state index in [1.165, 1.54) is 5.56 Å². The molecule has 3 fully saturated rings. The Balaban J connectivity index is 1.20. The van der Waals surface area contributed by atoms with Crippen LogP contribution < -0.4 is 5.32 Å². The number of hydrogen-bond acceptors (Lipinski definition) is 3. The Morgan fingerprint density at radius 2 is 1.57 bits per heavy atom. The Kier molecular flexibility index (Phi) is 7.26. The van der Waals surface area contributed by atoms with Crippen molar-refractivity contribution >= 4 is 11.9 Å². The number of piperidine rings is 2. The van der Waals surface area contributed by atoms with Gasteiger partial charge < -0.3 is 15.1 Å². The van der Waals surface area contributed by atoms with Crippen molar-refractivity contribution in [3.05, 3.63) is 35.9 Å². The minimum atomic E-state index is 0.0961. The molecular weight excluding hydrogens is 376 g/mol. The van der Waals surface area contributed by atoms with Gasteiger partial charge in [-0.2, -0.15) is 0 Å². The van der Waals surface area contributed by atoms with Gasteiger partial charge in [-0.15, -0.1) is 0 Å². The highest BCUT2D eigenvalue weighted by Gasteiger charge is 2.33. The number of hydrogen-bond donors (Lipinski definition) is 1. The summed E-state index contributed by atoms with van der Waals surface area (Å²) in [5.74, 6) is 0.302. The van der Waals surface area contributed by atoms with Crippen LogP contribution in [0.1, 0.15) is 44.1 Å². The first-order valence-electron chi connectivity index (χ1n) is 11.8. The lowest BCUT2D eigenvalue weighted by Gasteiger charge is -2.42. The van der Waals surface area contributed by atoms with Gasteiger partial charge in [-0.3, -0.25) is 9.69 Å². The van der Waals surface area contributed by atoms with E-state index in [2.05, 4.69) is 22.3 Å². The van der Waals surface area contributed by atoms with Gasteiger partial charge in [0.15, 0.2) is 0 Å². The lowest BCUT2D eigenvalue weighted by atomic mass is 9.93. The van der Waals surface area contributed by atoms with Gasteiger partial charge in [-0.1, -0.05) is 30.3 Å². The van der Waals surface area contributed by atoms with Gasteiger partial charge in [0.25, 0.3) is 0 Å². The predicted octanol–water partition coefficient (Wildman–Crippen LogP) is 2.74. The van der Waals surface area contributed by atoms with E-state index >= 15 is 0 Å². The fraction of sp³-hybridized carbons (Fsp3) is 0.667. The number of carbonyl (C=O) groups excluding carboxylic acids is 2. The number of benzene rings is 1. The van der Waals surface area contributed by atoms with Gasteiger partial charge in [-0.25, -0.2) is 4.79 Å². The summed E-state index contributed by atoms with van der Waals surface area (Å²) in [7, 11) is 0. The average molecular weight is 413 g/mol. The number of nitrogens with zero attached hydrogens (tertiary/aromatic N) is 3. The van der Waals surface area contributed by atoms with E-state index < -0.39 is 0 Å². The van der Waals surface area contributed by atoms with Crippen LogP contribution in [0, 0.1) is 5.92 Å². The largest absolute Gasteiger partial charge is 0.355 e. The standard InChI is InChI=1S/C24H36N4O2/c29-23(25-13-10-20-7-2-1-3-8-20)21-9-6-16-28(19-21)22-11-17-27(18-12-22)24(30)26-14-4-5-15-26/h1-3,7-8,21-22H,4-6,9-19H2,(H,25,29)/t21-/m1/s1. The summed E-state index contributed by atoms with van der Waals surface area (Å²) in [6.07, 6.45) is 7.30. The van der Waals surface area contributed by atoms with Gasteiger partial charge in [0.2, 0.25) is 5.91 Å². The zero-order chi connectivity index (χ0) is 20.8. The third-order valence-electron chi connectivity index (χ3n) is 7.01. The third-order valence-corrected chi connectivity index (χ3v) is 7.01. The van der Waals surface area contributed by atoms with Crippen LogP contribution in [0.15, 0.2) is 30.3 Å². The van der Waals surface area contributed by atoms with Crippen LogP contribution in [0.25, 0.3) is 0 Å². The molecule has 1 atom stereocenters. The van der Waals surface area contributed by atoms with Crippen molar-refractivity contribution in [1.82, 2.24) is 20.0 Å². The van der Waals surface area contributed by atoms with E-state index in [1.807, 2.05) is 28.0 Å². The highest BCUT2D eigenvalue weighted by molar-refractivity contribution is 5.79. The number of carbonyl (C=O) groups is 2. The minimum absolute atomic E-state index is 0.0961. The quantitative estimate of drug-likeness (QED) is 0.809. The Morgan fingerprint density at radius 1 is 0.867 bits per heavy atom. The molecule has 0 aromatic heterocycles. The number of amides is 3. The molecule has 3 heterocycles. The average Bonchev–Trinajstić information content (AvgIpc) is 3.34. The van der Waals surface area contributed by atoms with Crippen LogP contribution in [0.2, 0.25) is 0 Å². The summed E-state index contributed by atoms with van der Waals surface area (Å²) in [6.45, 7) is 6.20. The van der Waals surface area contributed by atoms with Crippen molar-refractivity contribution in [3.8, 4) is 0 Å². The fourth-order valence-electron chi connectivity index (χ4n) is 5.20. The first-order valence-corrected chi connectivity index (χ1v) is 11.8. The van der Waals surface area contributed by atoms with Crippen molar-refractivity contribution in [1.29, 1.82) is 0 Å². The van der Waals surface area contributed by atoms with Gasteiger partial charge in [0, 0.05) is 45.3 Å². The van der Waals surface area contributed by atoms with Crippen LogP contribution in [0.5, 0.6) is 0 Å². The number of rotatable bonds is 5. The van der Waals surface area contributed by atoms with Crippen LogP contribution in [-0.4, -0.2) is 78.5 Å². The monoisotopic (exact) mass is 412 g/mol. The van der Waals surface area contributed by atoms with E-state index in [-0.39, 0.29) is 17.9 Å². The molecule has 0 bridgehead atoms. The van der Waals surface area contributed by atoms with Gasteiger partial charge in [0.1, 0.15) is 0 Å². The summed E-state index contributed by atoms with van der Waals surface area (Å²) < 4.78 is 0. The summed E-state index contributed by atoms with van der Waals surface area (Å²) in [6, 6.07) is 11.1. The van der Waals surface area contributed by atoms with Crippen LogP contribution in [-0.2, 0) is 11.2 Å². The lowest BCUT2D eigenvalue weighted by Crippen LogP contribution is -2.53. The zero-order valence-electron chi connectivity index (χ0n) is 18.1. The maximum Gasteiger partial charge on any atom is 0.319 e. The maximum absolute atomic E-state index is 12.7. The third kappa shape index (κ3) is 5.34. The second-order valence-corrected chi connectivity index (χ2v) is 9.06. The Labute approximate surface area is 180 Å². The van der Waals surface area contributed by atoms with Gasteiger partial charge in [0.05, 0.1) is 5.92 Å². The van der Waals surface area contributed by atoms with E-state index in [0.29, 0.717) is 12.6 Å². The Bertz CT molecular complexity index is 696. The molecule has 1 N–H and O–H groups in total. The van der Waals surface area contributed by atoms with E-state index in [4.69, 9.17) is 0 Å². The minimum Gasteiger partial charge on any atom is -0.355 e. The number of nitrogens with one attached hydrogen (secondary N) is 1. The van der Waals surface area contributed by atoms with Crippen LogP contribution >= 0.6 is 0 Å². The first-order chi connectivity index (χ1) is 14.7. The second-order valence-electron chi connectivity index (χ2n) is 9.06. The van der Waals surface area contributed by atoms with Gasteiger partial charge >= 0.3 is 6.03 Å². The predicted molar refractivity (Wildman–Crippen MR) is 118 cm³/mol. The molecule has 6 nitrogen and oxygen atoms in total. The zero-order valence-corrected chi connectivity index (χ0v) is 18.1. The molecule has 30 heavy (non-hydrogen) atoms. The maximum atomic E-state index is 12.7. The van der Waals surface area contributed by atoms with Gasteiger partial charge in [-0.05, 0) is 57.1 Å². The second kappa shape index (κ2) is 10.3. The lowest BCUT2D eigenvalue weighted by molar-refractivity contribution is -0.127.